The highest BCUT2D eigenvalue weighted by atomic mass is 79.9. The van der Waals surface area contributed by atoms with Gasteiger partial charge in [-0.1, -0.05) is 54.0 Å². The Kier molecular flexibility index (Phi) is 4.66. The van der Waals surface area contributed by atoms with E-state index in [-0.39, 0.29) is 0 Å². The molecule has 0 saturated carbocycles. The minimum absolute atomic E-state index is 0.671. The summed E-state index contributed by atoms with van der Waals surface area (Å²) in [7, 11) is 0. The maximum Gasteiger partial charge on any atom is 0.0254 e. The van der Waals surface area contributed by atoms with Crippen LogP contribution in [0.2, 0.25) is 0 Å². The molecule has 0 fully saturated rings. The zero-order chi connectivity index (χ0) is 14.8. The molecule has 0 aromatic heterocycles. The van der Waals surface area contributed by atoms with Crippen molar-refractivity contribution in [1.29, 1.82) is 0 Å². The average Bonchev–Trinajstić information content (AvgIpc) is 2.50. The van der Waals surface area contributed by atoms with Crippen LogP contribution in [0.3, 0.4) is 0 Å². The predicted molar refractivity (Wildman–Crippen MR) is 95.0 cm³/mol. The fourth-order valence-corrected chi connectivity index (χ4v) is 4.22. The molecule has 2 aromatic carbocycles. The Labute approximate surface area is 136 Å². The average molecular weight is 346 g/mol. The molecular formula is C19H24BrN. The van der Waals surface area contributed by atoms with Gasteiger partial charge >= 0.3 is 0 Å². The van der Waals surface area contributed by atoms with Crippen molar-refractivity contribution >= 4 is 26.7 Å². The summed E-state index contributed by atoms with van der Waals surface area (Å²) in [5.74, 6) is 0. The SMILES string of the molecule is CCCN(CCC)C1Cc2cccc3c(Br)ccc(c23)C1. The van der Waals surface area contributed by atoms with E-state index in [2.05, 4.69) is 65.0 Å². The number of halogens is 1. The van der Waals surface area contributed by atoms with E-state index in [0.29, 0.717) is 6.04 Å². The second kappa shape index (κ2) is 6.50. The Hall–Kier alpha value is -0.860. The van der Waals surface area contributed by atoms with E-state index in [9.17, 15) is 0 Å². The van der Waals surface area contributed by atoms with Crippen LogP contribution in [0.15, 0.2) is 34.8 Å². The molecule has 1 aliphatic carbocycles. The van der Waals surface area contributed by atoms with Gasteiger partial charge in [-0.2, -0.15) is 0 Å². The zero-order valence-electron chi connectivity index (χ0n) is 13.0. The van der Waals surface area contributed by atoms with Crippen molar-refractivity contribution in [2.24, 2.45) is 0 Å². The van der Waals surface area contributed by atoms with Crippen molar-refractivity contribution in [2.75, 3.05) is 13.1 Å². The molecule has 0 aliphatic heterocycles. The monoisotopic (exact) mass is 345 g/mol. The fraction of sp³-hybridized carbons (Fsp3) is 0.474. The second-order valence-corrected chi connectivity index (χ2v) is 7.00. The number of hydrogen-bond donors (Lipinski definition) is 0. The minimum Gasteiger partial charge on any atom is -0.300 e. The normalized spacial score (nSPS) is 17.6. The summed E-state index contributed by atoms with van der Waals surface area (Å²) in [5, 5.41) is 2.87. The lowest BCUT2D eigenvalue weighted by molar-refractivity contribution is 0.192. The first kappa shape index (κ1) is 15.1. The van der Waals surface area contributed by atoms with Crippen LogP contribution in [-0.2, 0) is 12.8 Å². The van der Waals surface area contributed by atoms with Crippen molar-refractivity contribution in [3.63, 3.8) is 0 Å². The molecule has 3 rings (SSSR count). The van der Waals surface area contributed by atoms with Crippen LogP contribution in [-0.4, -0.2) is 24.0 Å². The van der Waals surface area contributed by atoms with Gasteiger partial charge in [0.2, 0.25) is 0 Å². The summed E-state index contributed by atoms with van der Waals surface area (Å²) in [5.41, 5.74) is 3.05. The van der Waals surface area contributed by atoms with Gasteiger partial charge in [-0.25, -0.2) is 0 Å². The van der Waals surface area contributed by atoms with Gasteiger partial charge < -0.3 is 0 Å². The molecule has 0 amide bonds. The van der Waals surface area contributed by atoms with Crippen molar-refractivity contribution < 1.29 is 0 Å². The molecule has 0 saturated heterocycles. The third-order valence-corrected chi connectivity index (χ3v) is 5.30. The van der Waals surface area contributed by atoms with Crippen molar-refractivity contribution in [3.05, 3.63) is 45.9 Å². The lowest BCUT2D eigenvalue weighted by atomic mass is 9.85. The topological polar surface area (TPSA) is 3.24 Å². The first-order chi connectivity index (χ1) is 10.2. The van der Waals surface area contributed by atoms with Crippen LogP contribution in [0.1, 0.15) is 37.8 Å². The third-order valence-electron chi connectivity index (χ3n) is 4.61. The van der Waals surface area contributed by atoms with Gasteiger partial charge in [-0.3, -0.25) is 4.90 Å². The van der Waals surface area contributed by atoms with E-state index in [1.807, 2.05) is 0 Å². The van der Waals surface area contributed by atoms with Gasteiger partial charge in [0.05, 0.1) is 0 Å². The maximum atomic E-state index is 3.70. The molecule has 1 nitrogen and oxygen atoms in total. The first-order valence-corrected chi connectivity index (χ1v) is 8.97. The van der Waals surface area contributed by atoms with Gasteiger partial charge in [0.15, 0.2) is 0 Å². The quantitative estimate of drug-likeness (QED) is 0.720. The molecule has 112 valence electrons. The molecule has 0 spiro atoms. The Morgan fingerprint density at radius 2 is 1.67 bits per heavy atom. The van der Waals surface area contributed by atoms with E-state index >= 15 is 0 Å². The van der Waals surface area contributed by atoms with Crippen LogP contribution in [0.4, 0.5) is 0 Å². The van der Waals surface area contributed by atoms with Crippen LogP contribution in [0, 0.1) is 0 Å². The summed E-state index contributed by atoms with van der Waals surface area (Å²) >= 11 is 3.70. The summed E-state index contributed by atoms with van der Waals surface area (Å²) in [4.78, 5) is 2.70. The number of rotatable bonds is 5. The first-order valence-electron chi connectivity index (χ1n) is 8.17. The predicted octanol–water partition coefficient (Wildman–Crippen LogP) is 5.19. The Bertz CT molecular complexity index is 616. The number of nitrogens with zero attached hydrogens (tertiary/aromatic N) is 1. The fourth-order valence-electron chi connectivity index (χ4n) is 3.75. The van der Waals surface area contributed by atoms with Gasteiger partial charge in [-0.05, 0) is 66.7 Å². The molecule has 0 radical (unpaired) electrons. The molecule has 0 N–H and O–H groups in total. The van der Waals surface area contributed by atoms with Crippen LogP contribution >= 0.6 is 15.9 Å². The van der Waals surface area contributed by atoms with E-state index in [4.69, 9.17) is 0 Å². The Morgan fingerprint density at radius 1 is 1.00 bits per heavy atom. The summed E-state index contributed by atoms with van der Waals surface area (Å²) in [6, 6.07) is 12.0. The van der Waals surface area contributed by atoms with Crippen LogP contribution < -0.4 is 0 Å². The largest absolute Gasteiger partial charge is 0.300 e. The van der Waals surface area contributed by atoms with Gasteiger partial charge in [-0.15, -0.1) is 0 Å². The summed E-state index contributed by atoms with van der Waals surface area (Å²) in [6.07, 6.45) is 4.88. The van der Waals surface area contributed by atoms with E-state index in [1.165, 1.54) is 65.1 Å². The molecule has 21 heavy (non-hydrogen) atoms. The third kappa shape index (κ3) is 2.89. The molecular weight excluding hydrogens is 322 g/mol. The van der Waals surface area contributed by atoms with Gasteiger partial charge in [0.25, 0.3) is 0 Å². The molecule has 2 heteroatoms. The van der Waals surface area contributed by atoms with Crippen LogP contribution in [0.25, 0.3) is 10.8 Å². The van der Waals surface area contributed by atoms with Crippen molar-refractivity contribution in [2.45, 2.75) is 45.6 Å². The Balaban J connectivity index is 1.98. The number of hydrogen-bond acceptors (Lipinski definition) is 1. The molecule has 1 aliphatic rings. The highest BCUT2D eigenvalue weighted by molar-refractivity contribution is 9.10. The zero-order valence-corrected chi connectivity index (χ0v) is 14.6. The van der Waals surface area contributed by atoms with Gasteiger partial charge in [0.1, 0.15) is 0 Å². The molecule has 2 aromatic rings. The lowest BCUT2D eigenvalue weighted by Gasteiger charge is -2.35. The molecule has 1 atom stereocenters. The summed E-state index contributed by atoms with van der Waals surface area (Å²) < 4.78 is 1.22. The summed E-state index contributed by atoms with van der Waals surface area (Å²) in [6.45, 7) is 7.02. The molecule has 1 unspecified atom stereocenters. The Morgan fingerprint density at radius 3 is 2.33 bits per heavy atom. The second-order valence-electron chi connectivity index (χ2n) is 6.14. The van der Waals surface area contributed by atoms with E-state index in [0.717, 1.165) is 0 Å². The smallest absolute Gasteiger partial charge is 0.0254 e. The highest BCUT2D eigenvalue weighted by Gasteiger charge is 2.25. The van der Waals surface area contributed by atoms with E-state index in [1.54, 1.807) is 0 Å². The maximum absolute atomic E-state index is 3.70. The number of benzene rings is 2. The van der Waals surface area contributed by atoms with Crippen molar-refractivity contribution in [3.8, 4) is 0 Å². The van der Waals surface area contributed by atoms with E-state index < -0.39 is 0 Å². The van der Waals surface area contributed by atoms with Crippen molar-refractivity contribution in [1.82, 2.24) is 4.90 Å². The lowest BCUT2D eigenvalue weighted by Crippen LogP contribution is -2.41. The van der Waals surface area contributed by atoms with Gasteiger partial charge in [0, 0.05) is 10.5 Å². The molecule has 0 bridgehead atoms. The standard InChI is InChI=1S/C19H24BrN/c1-3-10-21(11-4-2)16-12-14-6-5-7-17-18(20)9-8-15(13-16)19(14)17/h5-9,16H,3-4,10-13H2,1-2H3. The highest BCUT2D eigenvalue weighted by Crippen LogP contribution is 2.35. The molecule has 0 heterocycles. The van der Waals surface area contributed by atoms with Crippen LogP contribution in [0.5, 0.6) is 0 Å². The minimum atomic E-state index is 0.671.